The van der Waals surface area contributed by atoms with Gasteiger partial charge in [-0.2, -0.15) is 0 Å². The predicted octanol–water partition coefficient (Wildman–Crippen LogP) is 2.00. The molecule has 2 N–H and O–H groups in total. The third-order valence-electron chi connectivity index (χ3n) is 2.99. The van der Waals surface area contributed by atoms with Gasteiger partial charge in [0, 0.05) is 18.4 Å². The third-order valence-corrected chi connectivity index (χ3v) is 2.99. The van der Waals surface area contributed by atoms with E-state index in [0.29, 0.717) is 18.4 Å². The van der Waals surface area contributed by atoms with E-state index in [9.17, 15) is 4.79 Å². The average molecular weight is 219 g/mol. The summed E-state index contributed by atoms with van der Waals surface area (Å²) in [6.07, 6.45) is 2.15. The Balaban J connectivity index is 1.66. The largest absolute Gasteiger partial charge is 0.481 e. The minimum Gasteiger partial charge on any atom is -0.481 e. The average Bonchev–Trinajstić information content (AvgIpc) is 3.05. The highest BCUT2D eigenvalue weighted by molar-refractivity contribution is 5.66. The molecular weight excluding hydrogens is 202 g/mol. The number of rotatable bonds is 6. The van der Waals surface area contributed by atoms with Crippen molar-refractivity contribution in [3.05, 3.63) is 35.9 Å². The van der Waals surface area contributed by atoms with E-state index in [4.69, 9.17) is 5.11 Å². The van der Waals surface area contributed by atoms with E-state index in [1.54, 1.807) is 0 Å². The number of benzene rings is 1. The number of carboxylic acids is 1. The van der Waals surface area contributed by atoms with Crippen LogP contribution in [0.5, 0.6) is 0 Å². The summed E-state index contributed by atoms with van der Waals surface area (Å²) in [5.41, 5.74) is 1.39. The van der Waals surface area contributed by atoms with Crippen LogP contribution in [-0.4, -0.2) is 23.7 Å². The molecule has 0 spiro atoms. The van der Waals surface area contributed by atoms with Gasteiger partial charge < -0.3 is 10.4 Å². The molecule has 0 bridgehead atoms. The van der Waals surface area contributed by atoms with Gasteiger partial charge >= 0.3 is 5.97 Å². The van der Waals surface area contributed by atoms with Crippen molar-refractivity contribution in [1.29, 1.82) is 0 Å². The van der Waals surface area contributed by atoms with Crippen molar-refractivity contribution in [2.24, 2.45) is 0 Å². The summed E-state index contributed by atoms with van der Waals surface area (Å²) in [4.78, 5) is 10.3. The summed E-state index contributed by atoms with van der Waals surface area (Å²) in [7, 11) is 0. The van der Waals surface area contributed by atoms with Crippen molar-refractivity contribution in [2.75, 3.05) is 6.54 Å². The van der Waals surface area contributed by atoms with Crippen LogP contribution in [0.25, 0.3) is 0 Å². The highest BCUT2D eigenvalue weighted by Crippen LogP contribution is 2.40. The Bertz CT molecular complexity index is 350. The molecule has 1 fully saturated rings. The van der Waals surface area contributed by atoms with Gasteiger partial charge in [0.05, 0.1) is 0 Å². The molecule has 1 aliphatic rings. The Hall–Kier alpha value is -1.35. The molecule has 1 aromatic carbocycles. The molecule has 2 rings (SSSR count). The van der Waals surface area contributed by atoms with Crippen molar-refractivity contribution in [2.45, 2.75) is 31.2 Å². The van der Waals surface area contributed by atoms with E-state index < -0.39 is 5.97 Å². The summed E-state index contributed by atoms with van der Waals surface area (Å²) in [5, 5.41) is 11.9. The Morgan fingerprint density at radius 1 is 1.38 bits per heavy atom. The number of carboxylic acid groups (broad SMARTS) is 1. The van der Waals surface area contributed by atoms with Crippen molar-refractivity contribution in [3.63, 3.8) is 0 Å². The smallest absolute Gasteiger partial charge is 0.303 e. The van der Waals surface area contributed by atoms with Crippen LogP contribution >= 0.6 is 0 Å². The lowest BCUT2D eigenvalue weighted by atomic mass is 10.1. The molecule has 0 amide bonds. The summed E-state index contributed by atoms with van der Waals surface area (Å²) < 4.78 is 0. The van der Waals surface area contributed by atoms with E-state index in [2.05, 4.69) is 29.6 Å². The summed E-state index contributed by atoms with van der Waals surface area (Å²) in [6.45, 7) is 0.806. The van der Waals surface area contributed by atoms with Crippen molar-refractivity contribution >= 4 is 5.97 Å². The number of hydrogen-bond donors (Lipinski definition) is 2. The minimum absolute atomic E-state index is 0.260. The zero-order valence-corrected chi connectivity index (χ0v) is 9.23. The van der Waals surface area contributed by atoms with E-state index in [-0.39, 0.29) is 6.42 Å². The number of aliphatic carboxylic acids is 1. The number of hydrogen-bond acceptors (Lipinski definition) is 2. The molecule has 3 nitrogen and oxygen atoms in total. The predicted molar refractivity (Wildman–Crippen MR) is 62.5 cm³/mol. The van der Waals surface area contributed by atoms with Crippen LogP contribution in [-0.2, 0) is 4.79 Å². The summed E-state index contributed by atoms with van der Waals surface area (Å²) in [6, 6.07) is 11.0. The molecule has 1 aliphatic carbocycles. The van der Waals surface area contributed by atoms with Crippen molar-refractivity contribution in [1.82, 2.24) is 5.32 Å². The van der Waals surface area contributed by atoms with Gasteiger partial charge in [-0.25, -0.2) is 0 Å². The number of carbonyl (C=O) groups is 1. The highest BCUT2D eigenvalue weighted by Gasteiger charge is 2.37. The Labute approximate surface area is 95.5 Å². The minimum atomic E-state index is -0.711. The van der Waals surface area contributed by atoms with Crippen LogP contribution < -0.4 is 5.32 Å². The van der Waals surface area contributed by atoms with E-state index in [1.807, 2.05) is 6.07 Å². The normalized spacial score (nSPS) is 23.0. The number of nitrogens with one attached hydrogen (secondary N) is 1. The quantitative estimate of drug-likeness (QED) is 0.719. The molecule has 0 aliphatic heterocycles. The van der Waals surface area contributed by atoms with Gasteiger partial charge in [0.1, 0.15) is 0 Å². The molecule has 86 valence electrons. The molecule has 1 aromatic rings. The molecule has 0 saturated heterocycles. The van der Waals surface area contributed by atoms with Gasteiger partial charge in [0.2, 0.25) is 0 Å². The highest BCUT2D eigenvalue weighted by atomic mass is 16.4. The van der Waals surface area contributed by atoms with E-state index in [0.717, 1.165) is 6.54 Å². The first-order valence-electron chi connectivity index (χ1n) is 5.77. The van der Waals surface area contributed by atoms with Crippen LogP contribution in [0.1, 0.15) is 30.7 Å². The van der Waals surface area contributed by atoms with E-state index in [1.165, 1.54) is 12.0 Å². The second kappa shape index (κ2) is 5.12. The lowest BCUT2D eigenvalue weighted by Gasteiger charge is -2.02. The molecule has 3 heteroatoms. The molecule has 16 heavy (non-hydrogen) atoms. The van der Waals surface area contributed by atoms with Crippen LogP contribution in [0.2, 0.25) is 0 Å². The molecule has 2 unspecified atom stereocenters. The maximum atomic E-state index is 10.3. The topological polar surface area (TPSA) is 49.3 Å². The zero-order chi connectivity index (χ0) is 11.4. The van der Waals surface area contributed by atoms with Gasteiger partial charge in [-0.1, -0.05) is 30.3 Å². The van der Waals surface area contributed by atoms with Crippen LogP contribution in [0.3, 0.4) is 0 Å². The Morgan fingerprint density at radius 2 is 2.12 bits per heavy atom. The first kappa shape index (κ1) is 11.1. The fraction of sp³-hybridized carbons (Fsp3) is 0.462. The molecule has 0 radical (unpaired) electrons. The van der Waals surface area contributed by atoms with Crippen LogP contribution in [0, 0.1) is 0 Å². The Morgan fingerprint density at radius 3 is 2.81 bits per heavy atom. The molecule has 0 aromatic heterocycles. The van der Waals surface area contributed by atoms with Crippen molar-refractivity contribution in [3.8, 4) is 0 Å². The standard InChI is InChI=1S/C13H17NO2/c15-13(16)7-4-8-14-12-9-11(12)10-5-2-1-3-6-10/h1-3,5-6,11-12,14H,4,7-9H2,(H,15,16). The van der Waals surface area contributed by atoms with Crippen molar-refractivity contribution < 1.29 is 9.90 Å². The first-order chi connectivity index (χ1) is 7.77. The molecule has 0 heterocycles. The first-order valence-corrected chi connectivity index (χ1v) is 5.77. The Kier molecular flexibility index (Phi) is 3.57. The zero-order valence-electron chi connectivity index (χ0n) is 9.23. The second-order valence-electron chi connectivity index (χ2n) is 4.31. The van der Waals surface area contributed by atoms with Gasteiger partial charge in [0.15, 0.2) is 0 Å². The maximum Gasteiger partial charge on any atom is 0.303 e. The summed E-state index contributed by atoms with van der Waals surface area (Å²) in [5.74, 6) is -0.0803. The maximum absolute atomic E-state index is 10.3. The molecule has 2 atom stereocenters. The lowest BCUT2D eigenvalue weighted by Crippen LogP contribution is -2.19. The molecule has 1 saturated carbocycles. The van der Waals surface area contributed by atoms with Gasteiger partial charge in [-0.3, -0.25) is 4.79 Å². The van der Waals surface area contributed by atoms with Crippen LogP contribution in [0.15, 0.2) is 30.3 Å². The fourth-order valence-corrected chi connectivity index (χ4v) is 2.02. The van der Waals surface area contributed by atoms with E-state index >= 15 is 0 Å². The monoisotopic (exact) mass is 219 g/mol. The second-order valence-corrected chi connectivity index (χ2v) is 4.31. The van der Waals surface area contributed by atoms with Gasteiger partial charge in [0.25, 0.3) is 0 Å². The lowest BCUT2D eigenvalue weighted by molar-refractivity contribution is -0.137. The van der Waals surface area contributed by atoms with Gasteiger partial charge in [-0.05, 0) is 24.9 Å². The molecular formula is C13H17NO2. The SMILES string of the molecule is O=C(O)CCCNC1CC1c1ccccc1. The van der Waals surface area contributed by atoms with Crippen LogP contribution in [0.4, 0.5) is 0 Å². The fourth-order valence-electron chi connectivity index (χ4n) is 2.02. The summed E-state index contributed by atoms with van der Waals surface area (Å²) >= 11 is 0. The van der Waals surface area contributed by atoms with Gasteiger partial charge in [-0.15, -0.1) is 0 Å². The third kappa shape index (κ3) is 3.07.